The Bertz CT molecular complexity index is 1270. The normalized spacial score (nSPS) is 23.0. The van der Waals surface area contributed by atoms with Crippen LogP contribution in [-0.2, 0) is 4.74 Å². The van der Waals surface area contributed by atoms with E-state index in [-0.39, 0.29) is 28.7 Å². The van der Waals surface area contributed by atoms with Gasteiger partial charge < -0.3 is 25.8 Å². The van der Waals surface area contributed by atoms with Gasteiger partial charge >= 0.3 is 0 Å². The monoisotopic (exact) mass is 425 g/mol. The number of aliphatic hydroxyl groups excluding tert-OH is 3. The molecule has 2 aromatic heterocycles. The molecule has 6 N–H and O–H groups in total. The molecule has 31 heavy (non-hydrogen) atoms. The smallest absolute Gasteiger partial charge is 0.280 e. The highest BCUT2D eigenvalue weighted by Crippen LogP contribution is 2.32. The van der Waals surface area contributed by atoms with Crippen LogP contribution in [0.5, 0.6) is 0 Å². The zero-order valence-corrected chi connectivity index (χ0v) is 16.3. The average Bonchev–Trinajstić information content (AvgIpc) is 3.24. The molecule has 11 heteroatoms. The Morgan fingerprint density at radius 2 is 1.94 bits per heavy atom. The van der Waals surface area contributed by atoms with E-state index in [0.29, 0.717) is 11.1 Å². The minimum Gasteiger partial charge on any atom is -0.394 e. The summed E-state index contributed by atoms with van der Waals surface area (Å²) in [4.78, 5) is 34.3. The Morgan fingerprint density at radius 1 is 1.23 bits per heavy atom. The number of carbonyl (C=O) groups excluding carboxylic acids is 1. The van der Waals surface area contributed by atoms with Crippen LogP contribution in [0.2, 0.25) is 0 Å². The number of nitrogen functional groups attached to an aromatic ring is 1. The second-order valence-electron chi connectivity index (χ2n) is 7.04. The molecule has 1 aliphatic heterocycles. The van der Waals surface area contributed by atoms with E-state index in [2.05, 4.69) is 26.8 Å². The van der Waals surface area contributed by atoms with E-state index in [1.54, 1.807) is 24.3 Å². The lowest BCUT2D eigenvalue weighted by molar-refractivity contribution is -0.0514. The number of fused-ring (bicyclic) bond motifs is 1. The van der Waals surface area contributed by atoms with Crippen LogP contribution in [0.4, 0.5) is 5.95 Å². The number of H-pyrrole nitrogens is 1. The molecule has 0 unspecified atom stereocenters. The fourth-order valence-corrected chi connectivity index (χ4v) is 3.34. The molecule has 3 heterocycles. The number of carbonyl (C=O) groups is 1. The minimum atomic E-state index is -1.44. The van der Waals surface area contributed by atoms with Crippen molar-refractivity contribution in [3.8, 4) is 11.8 Å². The number of ether oxygens (including phenoxy) is 1. The highest BCUT2D eigenvalue weighted by atomic mass is 16.6. The van der Waals surface area contributed by atoms with E-state index in [9.17, 15) is 24.9 Å². The van der Waals surface area contributed by atoms with Crippen molar-refractivity contribution in [2.45, 2.75) is 31.5 Å². The van der Waals surface area contributed by atoms with Crippen LogP contribution in [0, 0.1) is 11.8 Å². The Hall–Kier alpha value is -3.56. The van der Waals surface area contributed by atoms with Crippen LogP contribution >= 0.6 is 0 Å². The van der Waals surface area contributed by atoms with E-state index in [4.69, 9.17) is 10.5 Å². The van der Waals surface area contributed by atoms with Gasteiger partial charge in [-0.3, -0.25) is 19.1 Å². The van der Waals surface area contributed by atoms with Crippen molar-refractivity contribution >= 4 is 22.9 Å². The number of nitrogens with one attached hydrogen (secondary N) is 1. The predicted octanol–water partition coefficient (Wildman–Crippen LogP) is -1.08. The number of anilines is 1. The van der Waals surface area contributed by atoms with E-state index < -0.39 is 36.7 Å². The number of hydrogen-bond acceptors (Lipinski definition) is 9. The lowest BCUT2D eigenvalue weighted by atomic mass is 10.1. The van der Waals surface area contributed by atoms with Crippen LogP contribution in [0.1, 0.15) is 34.9 Å². The molecular weight excluding hydrogens is 406 g/mol. The Labute approximate surface area is 175 Å². The van der Waals surface area contributed by atoms with Crippen LogP contribution in [0.15, 0.2) is 29.1 Å². The van der Waals surface area contributed by atoms with Gasteiger partial charge in [-0.15, -0.1) is 0 Å². The first-order valence-electron chi connectivity index (χ1n) is 9.33. The van der Waals surface area contributed by atoms with Gasteiger partial charge in [0.25, 0.3) is 5.56 Å². The first-order valence-corrected chi connectivity index (χ1v) is 9.33. The highest BCUT2D eigenvalue weighted by Gasteiger charge is 2.45. The molecule has 0 saturated carbocycles. The summed E-state index contributed by atoms with van der Waals surface area (Å²) in [7, 11) is 0. The van der Waals surface area contributed by atoms with E-state index >= 15 is 0 Å². The Balaban J connectivity index is 1.84. The molecule has 0 spiro atoms. The molecule has 160 valence electrons. The van der Waals surface area contributed by atoms with Crippen molar-refractivity contribution in [1.29, 1.82) is 0 Å². The SMILES string of the molecule is CC(=O)c1ccc(C#Cc2nc3c(=O)[nH]c(N)nc3n2[C@@H]2O[C@H](CO)[C@@H](O)[C@H]2O)cc1. The number of aliphatic hydroxyl groups is 3. The number of hydrogen-bond donors (Lipinski definition) is 5. The molecule has 0 aliphatic carbocycles. The lowest BCUT2D eigenvalue weighted by Crippen LogP contribution is -2.33. The zero-order chi connectivity index (χ0) is 22.3. The fraction of sp³-hybridized carbons (Fsp3) is 0.300. The molecule has 11 nitrogen and oxygen atoms in total. The number of rotatable bonds is 3. The number of ketones is 1. The maximum absolute atomic E-state index is 12.3. The number of aromatic nitrogens is 4. The number of imidazole rings is 1. The van der Waals surface area contributed by atoms with E-state index in [1.165, 1.54) is 11.5 Å². The lowest BCUT2D eigenvalue weighted by Gasteiger charge is -2.17. The Morgan fingerprint density at radius 3 is 2.55 bits per heavy atom. The van der Waals surface area contributed by atoms with Gasteiger partial charge in [0.15, 0.2) is 29.0 Å². The summed E-state index contributed by atoms with van der Waals surface area (Å²) in [5.41, 5.74) is 6.09. The number of Topliss-reactive ketones (excluding diaryl/α,β-unsaturated/α-hetero) is 1. The Kier molecular flexibility index (Phi) is 5.30. The molecular formula is C20H19N5O6. The summed E-state index contributed by atoms with van der Waals surface area (Å²) in [6.07, 6.45) is -5.06. The maximum atomic E-state index is 12.3. The average molecular weight is 425 g/mol. The van der Waals surface area contributed by atoms with Gasteiger partial charge in [0, 0.05) is 11.1 Å². The van der Waals surface area contributed by atoms with Crippen molar-refractivity contribution in [1.82, 2.24) is 19.5 Å². The number of nitrogens with two attached hydrogens (primary N) is 1. The first-order chi connectivity index (χ1) is 14.8. The summed E-state index contributed by atoms with van der Waals surface area (Å²) >= 11 is 0. The molecule has 1 fully saturated rings. The summed E-state index contributed by atoms with van der Waals surface area (Å²) in [5, 5.41) is 30.0. The molecule has 0 radical (unpaired) electrons. The molecule has 0 bridgehead atoms. The third kappa shape index (κ3) is 3.69. The molecule has 4 rings (SSSR count). The van der Waals surface area contributed by atoms with Gasteiger partial charge in [-0.1, -0.05) is 18.1 Å². The van der Waals surface area contributed by atoms with Gasteiger partial charge in [-0.2, -0.15) is 4.98 Å². The zero-order valence-electron chi connectivity index (χ0n) is 16.3. The van der Waals surface area contributed by atoms with Crippen molar-refractivity contribution in [3.05, 3.63) is 51.6 Å². The fourth-order valence-electron chi connectivity index (χ4n) is 3.34. The topological polar surface area (TPSA) is 177 Å². The van der Waals surface area contributed by atoms with Crippen molar-refractivity contribution in [2.24, 2.45) is 0 Å². The molecule has 1 aromatic carbocycles. The molecule has 1 saturated heterocycles. The third-order valence-corrected chi connectivity index (χ3v) is 4.95. The third-order valence-electron chi connectivity index (χ3n) is 4.95. The first kappa shape index (κ1) is 20.7. The summed E-state index contributed by atoms with van der Waals surface area (Å²) < 4.78 is 6.84. The maximum Gasteiger partial charge on any atom is 0.280 e. The quantitative estimate of drug-likeness (QED) is 0.258. The number of aromatic amines is 1. The van der Waals surface area contributed by atoms with Crippen molar-refractivity contribution < 1.29 is 24.9 Å². The van der Waals surface area contributed by atoms with Crippen molar-refractivity contribution in [3.63, 3.8) is 0 Å². The second kappa shape index (κ2) is 7.93. The highest BCUT2D eigenvalue weighted by molar-refractivity contribution is 5.94. The van der Waals surface area contributed by atoms with E-state index in [0.717, 1.165) is 0 Å². The molecule has 1 aliphatic rings. The molecule has 4 atom stereocenters. The largest absolute Gasteiger partial charge is 0.394 e. The van der Waals surface area contributed by atoms with Crippen LogP contribution in [-0.4, -0.2) is 65.5 Å². The second-order valence-corrected chi connectivity index (χ2v) is 7.04. The summed E-state index contributed by atoms with van der Waals surface area (Å²) in [6, 6.07) is 6.58. The summed E-state index contributed by atoms with van der Waals surface area (Å²) in [5.74, 6) is 5.46. The van der Waals surface area contributed by atoms with Crippen LogP contribution in [0.3, 0.4) is 0 Å². The van der Waals surface area contributed by atoms with Crippen LogP contribution in [0.25, 0.3) is 11.2 Å². The number of benzene rings is 1. The van der Waals surface area contributed by atoms with Gasteiger partial charge in [0.05, 0.1) is 6.61 Å². The van der Waals surface area contributed by atoms with E-state index in [1.807, 2.05) is 0 Å². The minimum absolute atomic E-state index is 0.00678. The van der Waals surface area contributed by atoms with Gasteiger partial charge in [0.2, 0.25) is 5.95 Å². The van der Waals surface area contributed by atoms with Gasteiger partial charge in [0.1, 0.15) is 18.3 Å². The predicted molar refractivity (Wildman–Crippen MR) is 108 cm³/mol. The number of nitrogens with zero attached hydrogens (tertiary/aromatic N) is 3. The van der Waals surface area contributed by atoms with Crippen LogP contribution < -0.4 is 11.3 Å². The van der Waals surface area contributed by atoms with Gasteiger partial charge in [-0.25, -0.2) is 4.98 Å². The molecule has 0 amide bonds. The van der Waals surface area contributed by atoms with Gasteiger partial charge in [-0.05, 0) is 25.0 Å². The standard InChI is InChI=1S/C20H19N5O6/c1-9(27)11-5-2-10(3-6-11)4-7-13-22-14-17(23-20(21)24-18(14)30)25(13)19-16(29)15(28)12(8-26)31-19/h2-3,5-6,12,15-16,19,26,28-29H,8H2,1H3,(H3,21,23,24,30)/t12-,15-,16-,19-/m1/s1. The molecule has 3 aromatic rings. The summed E-state index contributed by atoms with van der Waals surface area (Å²) in [6.45, 7) is 0.932. The van der Waals surface area contributed by atoms with Crippen molar-refractivity contribution in [2.75, 3.05) is 12.3 Å².